The van der Waals surface area contributed by atoms with E-state index in [1.54, 1.807) is 11.0 Å². The minimum Gasteiger partial charge on any atom is -0.335 e. The Hall–Kier alpha value is -2.35. The summed E-state index contributed by atoms with van der Waals surface area (Å²) in [7, 11) is 0. The zero-order chi connectivity index (χ0) is 13.7. The number of hydrogen-bond acceptors (Lipinski definition) is 3. The molecule has 0 atom stereocenters. The van der Waals surface area contributed by atoms with E-state index in [1.807, 2.05) is 18.2 Å². The van der Waals surface area contributed by atoms with Gasteiger partial charge >= 0.3 is 11.8 Å². The van der Waals surface area contributed by atoms with Crippen molar-refractivity contribution in [2.45, 2.75) is 19.4 Å². The first-order chi connectivity index (χ1) is 9.22. The van der Waals surface area contributed by atoms with Gasteiger partial charge in [0.1, 0.15) is 6.54 Å². The molecule has 98 valence electrons. The lowest BCUT2D eigenvalue weighted by molar-refractivity contribution is -0.146. The Morgan fingerprint density at radius 2 is 2.05 bits per heavy atom. The van der Waals surface area contributed by atoms with Crippen LogP contribution in [0, 0.1) is 11.3 Å². The normalized spacial score (nSPS) is 13.9. The van der Waals surface area contributed by atoms with Crippen LogP contribution in [0.15, 0.2) is 24.3 Å². The third kappa shape index (κ3) is 3.10. The molecule has 0 saturated heterocycles. The van der Waals surface area contributed by atoms with Crippen molar-refractivity contribution in [1.82, 2.24) is 10.2 Å². The van der Waals surface area contributed by atoms with Gasteiger partial charge in [0.15, 0.2) is 0 Å². The third-order valence-corrected chi connectivity index (χ3v) is 3.16. The molecule has 1 aliphatic rings. The van der Waals surface area contributed by atoms with Crippen molar-refractivity contribution in [2.75, 3.05) is 13.1 Å². The van der Waals surface area contributed by atoms with Gasteiger partial charge in [0, 0.05) is 13.1 Å². The van der Waals surface area contributed by atoms with E-state index in [1.165, 1.54) is 5.56 Å². The van der Waals surface area contributed by atoms with Crippen molar-refractivity contribution in [2.24, 2.45) is 0 Å². The topological polar surface area (TPSA) is 73.2 Å². The highest BCUT2D eigenvalue weighted by atomic mass is 16.2. The van der Waals surface area contributed by atoms with Crippen LogP contribution in [0.2, 0.25) is 0 Å². The van der Waals surface area contributed by atoms with Crippen LogP contribution < -0.4 is 5.32 Å². The van der Waals surface area contributed by atoms with Crippen molar-refractivity contribution in [1.29, 1.82) is 5.26 Å². The Morgan fingerprint density at radius 3 is 2.79 bits per heavy atom. The molecule has 0 saturated carbocycles. The first-order valence-electron chi connectivity index (χ1n) is 6.23. The Bertz CT molecular complexity index is 534. The lowest BCUT2D eigenvalue weighted by atomic mass is 10.0. The fraction of sp³-hybridized carbons (Fsp3) is 0.357. The van der Waals surface area contributed by atoms with Crippen molar-refractivity contribution in [3.63, 3.8) is 0 Å². The van der Waals surface area contributed by atoms with Crippen LogP contribution in [0.1, 0.15) is 17.5 Å². The van der Waals surface area contributed by atoms with Crippen molar-refractivity contribution >= 4 is 11.8 Å². The molecule has 0 aromatic heterocycles. The number of aryl methyl sites for hydroxylation is 1. The van der Waals surface area contributed by atoms with Gasteiger partial charge in [-0.3, -0.25) is 9.59 Å². The number of fused-ring (bicyclic) bond motifs is 1. The first kappa shape index (κ1) is 13.1. The lowest BCUT2D eigenvalue weighted by Gasteiger charge is -2.19. The van der Waals surface area contributed by atoms with Crippen LogP contribution in [0.25, 0.3) is 0 Å². The minimum atomic E-state index is -0.707. The molecule has 19 heavy (non-hydrogen) atoms. The third-order valence-electron chi connectivity index (χ3n) is 3.16. The average molecular weight is 257 g/mol. The number of benzene rings is 1. The van der Waals surface area contributed by atoms with E-state index in [4.69, 9.17) is 5.26 Å². The molecule has 1 heterocycles. The number of nitrogens with one attached hydrogen (secondary N) is 1. The van der Waals surface area contributed by atoms with Crippen LogP contribution in [0.5, 0.6) is 0 Å². The Labute approximate surface area is 111 Å². The summed E-state index contributed by atoms with van der Waals surface area (Å²) in [6, 6.07) is 9.73. The second-order valence-corrected chi connectivity index (χ2v) is 4.44. The molecular formula is C14H15N3O2. The summed E-state index contributed by atoms with van der Waals surface area (Å²) in [5.74, 6) is -1.27. The van der Waals surface area contributed by atoms with Gasteiger partial charge in [-0.05, 0) is 24.0 Å². The molecule has 0 spiro atoms. The quantitative estimate of drug-likeness (QED) is 0.591. The highest BCUT2D eigenvalue weighted by Crippen LogP contribution is 2.18. The molecule has 0 bridgehead atoms. The number of hydrogen-bond donors (Lipinski definition) is 1. The monoisotopic (exact) mass is 257 g/mol. The van der Waals surface area contributed by atoms with Crippen LogP contribution in [0.4, 0.5) is 0 Å². The smallest absolute Gasteiger partial charge is 0.312 e. The highest BCUT2D eigenvalue weighted by molar-refractivity contribution is 6.35. The molecule has 0 unspecified atom stereocenters. The Morgan fingerprint density at radius 1 is 1.32 bits per heavy atom. The maximum atomic E-state index is 12.0. The Kier molecular flexibility index (Phi) is 4.14. The van der Waals surface area contributed by atoms with Gasteiger partial charge in [0.2, 0.25) is 0 Å². The number of carbonyl (C=O) groups excluding carboxylic acids is 2. The molecular weight excluding hydrogens is 242 g/mol. The molecule has 1 N–H and O–H groups in total. The zero-order valence-corrected chi connectivity index (χ0v) is 10.6. The van der Waals surface area contributed by atoms with Crippen LogP contribution in [0.3, 0.4) is 0 Å². The molecule has 0 radical (unpaired) electrons. The van der Waals surface area contributed by atoms with E-state index < -0.39 is 11.8 Å². The van der Waals surface area contributed by atoms with E-state index in [9.17, 15) is 9.59 Å². The number of carbonyl (C=O) groups is 2. The predicted molar refractivity (Wildman–Crippen MR) is 68.8 cm³/mol. The summed E-state index contributed by atoms with van der Waals surface area (Å²) in [6.45, 7) is 0.872. The van der Waals surface area contributed by atoms with Gasteiger partial charge in [-0.15, -0.1) is 0 Å². The summed E-state index contributed by atoms with van der Waals surface area (Å²) in [5, 5.41) is 10.7. The molecule has 1 aliphatic heterocycles. The maximum absolute atomic E-state index is 12.0. The van der Waals surface area contributed by atoms with Crippen molar-refractivity contribution in [3.8, 4) is 6.07 Å². The van der Waals surface area contributed by atoms with Crippen molar-refractivity contribution < 1.29 is 9.59 Å². The predicted octanol–water partition coefficient (Wildman–Crippen LogP) is 0.601. The first-order valence-corrected chi connectivity index (χ1v) is 6.23. The van der Waals surface area contributed by atoms with E-state index in [-0.39, 0.29) is 6.54 Å². The molecule has 1 aromatic rings. The zero-order valence-electron chi connectivity index (χ0n) is 10.6. The fourth-order valence-corrected chi connectivity index (χ4v) is 2.21. The standard InChI is InChI=1S/C14H15N3O2/c15-7-8-16-13(18)14(19)17-9-3-6-11-4-1-2-5-12(11)10-17/h1-2,4-5H,3,6,8-10H2,(H,16,18). The molecule has 2 amide bonds. The van der Waals surface area contributed by atoms with Gasteiger partial charge < -0.3 is 10.2 Å². The van der Waals surface area contributed by atoms with Crippen LogP contribution in [-0.2, 0) is 22.6 Å². The van der Waals surface area contributed by atoms with Gasteiger partial charge in [0.05, 0.1) is 6.07 Å². The average Bonchev–Trinajstić information content (AvgIpc) is 2.66. The number of nitrogens with zero attached hydrogens (tertiary/aromatic N) is 2. The molecule has 0 fully saturated rings. The van der Waals surface area contributed by atoms with Gasteiger partial charge in [-0.1, -0.05) is 24.3 Å². The van der Waals surface area contributed by atoms with Gasteiger partial charge in [0.25, 0.3) is 0 Å². The lowest BCUT2D eigenvalue weighted by Crippen LogP contribution is -2.42. The Balaban J connectivity index is 2.08. The molecule has 2 rings (SSSR count). The molecule has 1 aromatic carbocycles. The molecule has 5 nitrogen and oxygen atoms in total. The number of rotatable bonds is 1. The summed E-state index contributed by atoms with van der Waals surface area (Å²) < 4.78 is 0. The highest BCUT2D eigenvalue weighted by Gasteiger charge is 2.23. The maximum Gasteiger partial charge on any atom is 0.312 e. The van der Waals surface area contributed by atoms with Crippen LogP contribution in [-0.4, -0.2) is 29.8 Å². The summed E-state index contributed by atoms with van der Waals surface area (Å²) in [4.78, 5) is 25.1. The van der Waals surface area contributed by atoms with Gasteiger partial charge in [-0.25, -0.2) is 0 Å². The minimum absolute atomic E-state index is 0.144. The van der Waals surface area contributed by atoms with Crippen molar-refractivity contribution in [3.05, 3.63) is 35.4 Å². The largest absolute Gasteiger partial charge is 0.335 e. The summed E-state index contributed by atoms with van der Waals surface area (Å²) >= 11 is 0. The molecule has 5 heteroatoms. The second kappa shape index (κ2) is 6.01. The fourth-order valence-electron chi connectivity index (χ4n) is 2.21. The van der Waals surface area contributed by atoms with Gasteiger partial charge in [-0.2, -0.15) is 5.26 Å². The SMILES string of the molecule is N#CCNC(=O)C(=O)N1CCCc2ccccc2C1. The summed E-state index contributed by atoms with van der Waals surface area (Å²) in [5.41, 5.74) is 2.32. The summed E-state index contributed by atoms with van der Waals surface area (Å²) in [6.07, 6.45) is 1.76. The molecule has 0 aliphatic carbocycles. The van der Waals surface area contributed by atoms with E-state index >= 15 is 0 Å². The number of amides is 2. The van der Waals surface area contributed by atoms with E-state index in [0.29, 0.717) is 13.1 Å². The van der Waals surface area contributed by atoms with Crippen LogP contribution >= 0.6 is 0 Å². The number of nitriles is 1. The van der Waals surface area contributed by atoms with E-state index in [2.05, 4.69) is 11.4 Å². The van der Waals surface area contributed by atoms with E-state index in [0.717, 1.165) is 18.4 Å². The second-order valence-electron chi connectivity index (χ2n) is 4.44.